The van der Waals surface area contributed by atoms with Crippen LogP contribution in [0, 0.1) is 5.92 Å². The quantitative estimate of drug-likeness (QED) is 0.733. The van der Waals surface area contributed by atoms with Crippen LogP contribution in [0.2, 0.25) is 0 Å². The van der Waals surface area contributed by atoms with Crippen molar-refractivity contribution in [1.82, 2.24) is 15.1 Å². The van der Waals surface area contributed by atoms with Crippen molar-refractivity contribution in [3.05, 3.63) is 30.0 Å². The molecule has 150 valence electrons. The smallest absolute Gasteiger partial charge is 0.361 e. The normalized spacial score (nSPS) is 21.0. The fourth-order valence-corrected chi connectivity index (χ4v) is 4.26. The maximum Gasteiger partial charge on any atom is 0.361 e. The molecule has 2 aliphatic rings. The summed E-state index contributed by atoms with van der Waals surface area (Å²) in [6, 6.07) is 7.89. The standard InChI is InChI=1S/C21H28N4O3/c1-2-28-21(26)19-20(17-7-3-4-8-18(17)22-23-19)25-9-5-6-16(15-25)14-24-10-12-27-13-11-24/h3-4,7-8,16H,2,5-6,9-15H2,1H3. The van der Waals surface area contributed by atoms with Crippen LogP contribution in [0.1, 0.15) is 30.3 Å². The van der Waals surface area contributed by atoms with Crippen LogP contribution in [0.4, 0.5) is 5.69 Å². The molecule has 0 spiro atoms. The number of benzene rings is 1. The molecule has 0 saturated carbocycles. The minimum absolute atomic E-state index is 0.326. The van der Waals surface area contributed by atoms with Crippen LogP contribution in [-0.2, 0) is 9.47 Å². The largest absolute Gasteiger partial charge is 0.461 e. The van der Waals surface area contributed by atoms with E-state index in [1.807, 2.05) is 31.2 Å². The zero-order chi connectivity index (χ0) is 19.3. The van der Waals surface area contributed by atoms with Gasteiger partial charge < -0.3 is 14.4 Å². The first kappa shape index (κ1) is 19.1. The minimum Gasteiger partial charge on any atom is -0.461 e. The predicted molar refractivity (Wildman–Crippen MR) is 108 cm³/mol. The predicted octanol–water partition coefficient (Wildman–Crippen LogP) is 2.36. The average molecular weight is 384 g/mol. The van der Waals surface area contributed by atoms with Gasteiger partial charge in [0.05, 0.1) is 31.0 Å². The van der Waals surface area contributed by atoms with Crippen LogP contribution in [0.25, 0.3) is 10.9 Å². The lowest BCUT2D eigenvalue weighted by Crippen LogP contribution is -2.45. The van der Waals surface area contributed by atoms with E-state index < -0.39 is 5.97 Å². The van der Waals surface area contributed by atoms with Crippen LogP contribution in [0.5, 0.6) is 0 Å². The molecule has 1 aromatic carbocycles. The average Bonchev–Trinajstić information content (AvgIpc) is 2.74. The topological polar surface area (TPSA) is 67.8 Å². The molecular formula is C21H28N4O3. The van der Waals surface area contributed by atoms with E-state index in [0.29, 0.717) is 18.2 Å². The van der Waals surface area contributed by atoms with Gasteiger partial charge in [-0.25, -0.2) is 4.79 Å². The molecule has 2 saturated heterocycles. The number of nitrogens with zero attached hydrogens (tertiary/aromatic N) is 4. The second-order valence-corrected chi connectivity index (χ2v) is 7.50. The number of morpholine rings is 1. The Morgan fingerprint density at radius 1 is 1.21 bits per heavy atom. The number of esters is 1. The van der Waals surface area contributed by atoms with Crippen molar-refractivity contribution in [1.29, 1.82) is 0 Å². The van der Waals surface area contributed by atoms with Crippen molar-refractivity contribution < 1.29 is 14.3 Å². The Labute approximate surface area is 165 Å². The number of fused-ring (bicyclic) bond motifs is 1. The van der Waals surface area contributed by atoms with Crippen LogP contribution >= 0.6 is 0 Å². The van der Waals surface area contributed by atoms with Gasteiger partial charge in [-0.05, 0) is 31.7 Å². The highest BCUT2D eigenvalue weighted by molar-refractivity contribution is 6.03. The Morgan fingerprint density at radius 3 is 2.86 bits per heavy atom. The summed E-state index contributed by atoms with van der Waals surface area (Å²) >= 11 is 0. The number of rotatable bonds is 5. The number of aromatic nitrogens is 2. The lowest BCUT2D eigenvalue weighted by atomic mass is 9.96. The van der Waals surface area contributed by atoms with Crippen molar-refractivity contribution in [3.63, 3.8) is 0 Å². The van der Waals surface area contributed by atoms with E-state index in [0.717, 1.165) is 68.9 Å². The fourth-order valence-electron chi connectivity index (χ4n) is 4.26. The molecule has 2 aliphatic heterocycles. The van der Waals surface area contributed by atoms with Crippen LogP contribution in [0.3, 0.4) is 0 Å². The lowest BCUT2D eigenvalue weighted by molar-refractivity contribution is 0.0296. The molecule has 0 amide bonds. The van der Waals surface area contributed by atoms with Crippen molar-refractivity contribution in [2.75, 3.05) is 57.4 Å². The molecule has 28 heavy (non-hydrogen) atoms. The van der Waals surface area contributed by atoms with Gasteiger partial charge in [0.25, 0.3) is 0 Å². The molecular weight excluding hydrogens is 356 g/mol. The van der Waals surface area contributed by atoms with Gasteiger partial charge in [-0.3, -0.25) is 4.90 Å². The maximum atomic E-state index is 12.6. The van der Waals surface area contributed by atoms with Crippen molar-refractivity contribution in [3.8, 4) is 0 Å². The Hall–Kier alpha value is -2.25. The highest BCUT2D eigenvalue weighted by Gasteiger charge is 2.28. The molecule has 3 heterocycles. The SMILES string of the molecule is CCOC(=O)c1nnc2ccccc2c1N1CCCC(CN2CCOCC2)C1. The molecule has 0 radical (unpaired) electrons. The van der Waals surface area contributed by atoms with Gasteiger partial charge in [-0.15, -0.1) is 10.2 Å². The number of piperidine rings is 1. The van der Waals surface area contributed by atoms with E-state index in [1.165, 1.54) is 6.42 Å². The monoisotopic (exact) mass is 384 g/mol. The molecule has 2 fully saturated rings. The van der Waals surface area contributed by atoms with Crippen LogP contribution < -0.4 is 4.90 Å². The van der Waals surface area contributed by atoms with Gasteiger partial charge in [-0.1, -0.05) is 18.2 Å². The van der Waals surface area contributed by atoms with Gasteiger partial charge in [0.15, 0.2) is 5.69 Å². The highest BCUT2D eigenvalue weighted by atomic mass is 16.5. The van der Waals surface area contributed by atoms with Crippen molar-refractivity contribution >= 4 is 22.6 Å². The third-order valence-corrected chi connectivity index (χ3v) is 5.57. The molecule has 0 bridgehead atoms. The Balaban J connectivity index is 1.62. The summed E-state index contributed by atoms with van der Waals surface area (Å²) < 4.78 is 10.7. The number of anilines is 1. The zero-order valence-electron chi connectivity index (χ0n) is 16.5. The Bertz CT molecular complexity index is 822. The number of hydrogen-bond donors (Lipinski definition) is 0. The molecule has 7 nitrogen and oxygen atoms in total. The second kappa shape index (κ2) is 8.84. The molecule has 4 rings (SSSR count). The molecule has 0 aliphatic carbocycles. The Morgan fingerprint density at radius 2 is 2.04 bits per heavy atom. The number of ether oxygens (including phenoxy) is 2. The summed E-state index contributed by atoms with van der Waals surface area (Å²) in [5, 5.41) is 9.47. The van der Waals surface area contributed by atoms with E-state index in [4.69, 9.17) is 9.47 Å². The van der Waals surface area contributed by atoms with E-state index >= 15 is 0 Å². The first-order valence-corrected chi connectivity index (χ1v) is 10.2. The molecule has 0 N–H and O–H groups in total. The van der Waals surface area contributed by atoms with Gasteiger partial charge in [-0.2, -0.15) is 0 Å². The number of carbonyl (C=O) groups is 1. The third-order valence-electron chi connectivity index (χ3n) is 5.57. The first-order valence-electron chi connectivity index (χ1n) is 10.2. The van der Waals surface area contributed by atoms with Crippen molar-refractivity contribution in [2.24, 2.45) is 5.92 Å². The molecule has 1 atom stereocenters. The lowest BCUT2D eigenvalue weighted by Gasteiger charge is -2.38. The van der Waals surface area contributed by atoms with E-state index in [2.05, 4.69) is 20.0 Å². The minimum atomic E-state index is -0.397. The van der Waals surface area contributed by atoms with E-state index in [9.17, 15) is 4.79 Å². The summed E-state index contributed by atoms with van der Waals surface area (Å²) in [6.07, 6.45) is 2.31. The zero-order valence-corrected chi connectivity index (χ0v) is 16.5. The van der Waals surface area contributed by atoms with Crippen molar-refractivity contribution in [2.45, 2.75) is 19.8 Å². The van der Waals surface area contributed by atoms with Gasteiger partial charge in [0.1, 0.15) is 0 Å². The summed E-state index contributed by atoms with van der Waals surface area (Å²) in [6.45, 7) is 8.70. The summed E-state index contributed by atoms with van der Waals surface area (Å²) in [5.41, 5.74) is 2.00. The van der Waals surface area contributed by atoms with E-state index in [1.54, 1.807) is 0 Å². The first-order chi connectivity index (χ1) is 13.8. The molecule has 1 unspecified atom stereocenters. The molecule has 1 aromatic heterocycles. The fraction of sp³-hybridized carbons (Fsp3) is 0.571. The van der Waals surface area contributed by atoms with Crippen LogP contribution in [0.15, 0.2) is 24.3 Å². The Kier molecular flexibility index (Phi) is 6.02. The van der Waals surface area contributed by atoms with Crippen LogP contribution in [-0.4, -0.2) is 73.6 Å². The van der Waals surface area contributed by atoms with Gasteiger partial charge >= 0.3 is 5.97 Å². The summed E-state index contributed by atoms with van der Waals surface area (Å²) in [7, 11) is 0. The summed E-state index contributed by atoms with van der Waals surface area (Å²) in [5.74, 6) is 0.167. The summed E-state index contributed by atoms with van der Waals surface area (Å²) in [4.78, 5) is 17.4. The van der Waals surface area contributed by atoms with E-state index in [-0.39, 0.29) is 0 Å². The third kappa shape index (κ3) is 4.10. The number of carbonyl (C=O) groups excluding carboxylic acids is 1. The number of hydrogen-bond acceptors (Lipinski definition) is 7. The highest BCUT2D eigenvalue weighted by Crippen LogP contribution is 2.32. The molecule has 2 aromatic rings. The van der Waals surface area contributed by atoms with Gasteiger partial charge in [0, 0.05) is 38.1 Å². The molecule has 7 heteroatoms. The van der Waals surface area contributed by atoms with Gasteiger partial charge in [0.2, 0.25) is 0 Å². The maximum absolute atomic E-state index is 12.6. The second-order valence-electron chi connectivity index (χ2n) is 7.50.